The van der Waals surface area contributed by atoms with Crippen molar-refractivity contribution in [1.29, 1.82) is 0 Å². The van der Waals surface area contributed by atoms with Gasteiger partial charge in [0.15, 0.2) is 6.61 Å². The van der Waals surface area contributed by atoms with Crippen LogP contribution in [0.1, 0.15) is 20.8 Å². The van der Waals surface area contributed by atoms with Gasteiger partial charge in [-0.1, -0.05) is 0 Å². The number of nitrogens with zero attached hydrogens (tertiary/aromatic N) is 1. The maximum Gasteiger partial charge on any atom is 0.257 e. The van der Waals surface area contributed by atoms with Gasteiger partial charge >= 0.3 is 0 Å². The molecule has 0 saturated carbocycles. The maximum atomic E-state index is 11.2. The third kappa shape index (κ3) is 4.28. The highest BCUT2D eigenvalue weighted by Crippen LogP contribution is 2.19. The van der Waals surface area contributed by atoms with E-state index in [0.29, 0.717) is 6.54 Å². The monoisotopic (exact) mass is 250 g/mol. The molecule has 1 aromatic rings. The number of benzene rings is 1. The van der Waals surface area contributed by atoms with Crippen LogP contribution in [0.5, 0.6) is 5.75 Å². The molecule has 0 heterocycles. The topological polar surface area (TPSA) is 41.6 Å². The molecule has 0 atom stereocenters. The average molecular weight is 250 g/mol. The molecule has 4 nitrogen and oxygen atoms in total. The molecule has 0 bridgehead atoms. The third-order valence-electron chi connectivity index (χ3n) is 2.71. The number of rotatable bonds is 7. The Balaban J connectivity index is 2.52. The number of ether oxygens (including phenoxy) is 1. The smallest absolute Gasteiger partial charge is 0.257 e. The molecule has 0 fully saturated rings. The van der Waals surface area contributed by atoms with Crippen LogP contribution in [-0.2, 0) is 4.79 Å². The van der Waals surface area contributed by atoms with Gasteiger partial charge in [0, 0.05) is 25.3 Å². The lowest BCUT2D eigenvalue weighted by atomic mass is 10.2. The number of carbonyl (C=O) groups is 1. The Morgan fingerprint density at radius 3 is 2.28 bits per heavy atom. The van der Waals surface area contributed by atoms with Gasteiger partial charge in [-0.25, -0.2) is 0 Å². The van der Waals surface area contributed by atoms with Crippen molar-refractivity contribution in [2.24, 2.45) is 0 Å². The van der Waals surface area contributed by atoms with Gasteiger partial charge in [-0.15, -0.1) is 0 Å². The van der Waals surface area contributed by atoms with Crippen molar-refractivity contribution in [3.05, 3.63) is 24.3 Å². The normalized spacial score (nSPS) is 9.94. The molecule has 0 aromatic heterocycles. The second-order valence-electron chi connectivity index (χ2n) is 3.91. The van der Waals surface area contributed by atoms with E-state index in [4.69, 9.17) is 4.74 Å². The molecular weight excluding hydrogens is 228 g/mol. The summed E-state index contributed by atoms with van der Waals surface area (Å²) in [4.78, 5) is 13.5. The van der Waals surface area contributed by atoms with Crippen molar-refractivity contribution in [1.82, 2.24) is 5.32 Å². The molecule has 0 unspecified atom stereocenters. The van der Waals surface area contributed by atoms with E-state index in [0.717, 1.165) is 18.8 Å². The minimum Gasteiger partial charge on any atom is -0.484 e. The molecule has 1 amide bonds. The molecule has 0 saturated heterocycles. The minimum atomic E-state index is -0.0923. The summed E-state index contributed by atoms with van der Waals surface area (Å²) in [6.45, 7) is 8.80. The second-order valence-corrected chi connectivity index (χ2v) is 3.91. The van der Waals surface area contributed by atoms with Crippen LogP contribution in [0, 0.1) is 0 Å². The van der Waals surface area contributed by atoms with Crippen LogP contribution in [0.4, 0.5) is 5.69 Å². The summed E-state index contributed by atoms with van der Waals surface area (Å²) in [5.74, 6) is 0.627. The van der Waals surface area contributed by atoms with Gasteiger partial charge in [-0.2, -0.15) is 0 Å². The highest BCUT2D eigenvalue weighted by atomic mass is 16.5. The van der Waals surface area contributed by atoms with E-state index in [1.54, 1.807) is 0 Å². The van der Waals surface area contributed by atoms with Crippen LogP contribution >= 0.6 is 0 Å². The predicted octanol–water partition coefficient (Wildman–Crippen LogP) is 2.05. The van der Waals surface area contributed by atoms with Crippen molar-refractivity contribution in [2.75, 3.05) is 31.1 Å². The number of nitrogens with one attached hydrogen (secondary N) is 1. The number of hydrogen-bond donors (Lipinski definition) is 1. The molecule has 0 aliphatic heterocycles. The van der Waals surface area contributed by atoms with Gasteiger partial charge < -0.3 is 15.0 Å². The first-order valence-corrected chi connectivity index (χ1v) is 6.45. The highest BCUT2D eigenvalue weighted by Gasteiger charge is 2.03. The van der Waals surface area contributed by atoms with Crippen molar-refractivity contribution >= 4 is 11.6 Å². The average Bonchev–Trinajstić information content (AvgIpc) is 2.39. The second kappa shape index (κ2) is 7.58. The van der Waals surface area contributed by atoms with Crippen LogP contribution < -0.4 is 15.0 Å². The minimum absolute atomic E-state index is 0.0679. The number of amides is 1. The lowest BCUT2D eigenvalue weighted by Gasteiger charge is -2.21. The van der Waals surface area contributed by atoms with E-state index in [1.165, 1.54) is 5.69 Å². The maximum absolute atomic E-state index is 11.2. The van der Waals surface area contributed by atoms with Gasteiger partial charge in [0.2, 0.25) is 0 Å². The summed E-state index contributed by atoms with van der Waals surface area (Å²) in [5.41, 5.74) is 1.17. The van der Waals surface area contributed by atoms with Crippen LogP contribution in [0.2, 0.25) is 0 Å². The Hall–Kier alpha value is -1.71. The molecular formula is C14H22N2O2. The Bertz CT molecular complexity index is 359. The molecule has 18 heavy (non-hydrogen) atoms. The number of hydrogen-bond acceptors (Lipinski definition) is 3. The first kappa shape index (κ1) is 14.4. The van der Waals surface area contributed by atoms with E-state index >= 15 is 0 Å². The lowest BCUT2D eigenvalue weighted by molar-refractivity contribution is -0.122. The van der Waals surface area contributed by atoms with Crippen molar-refractivity contribution in [2.45, 2.75) is 20.8 Å². The summed E-state index contributed by atoms with van der Waals surface area (Å²) in [5, 5.41) is 2.69. The van der Waals surface area contributed by atoms with Gasteiger partial charge in [-0.05, 0) is 45.0 Å². The van der Waals surface area contributed by atoms with E-state index in [1.807, 2.05) is 31.2 Å². The van der Waals surface area contributed by atoms with Gasteiger partial charge in [0.25, 0.3) is 5.91 Å². The Morgan fingerprint density at radius 2 is 1.78 bits per heavy atom. The number of likely N-dealkylation sites (N-methyl/N-ethyl adjacent to an activating group) is 1. The molecule has 0 radical (unpaired) electrons. The summed E-state index contributed by atoms with van der Waals surface area (Å²) >= 11 is 0. The Morgan fingerprint density at radius 1 is 1.17 bits per heavy atom. The molecule has 0 aliphatic rings. The zero-order valence-corrected chi connectivity index (χ0v) is 11.4. The summed E-state index contributed by atoms with van der Waals surface area (Å²) in [6.07, 6.45) is 0. The van der Waals surface area contributed by atoms with E-state index in [2.05, 4.69) is 24.1 Å². The van der Waals surface area contributed by atoms with Crippen LogP contribution in [0.3, 0.4) is 0 Å². The molecule has 100 valence electrons. The van der Waals surface area contributed by atoms with Crippen molar-refractivity contribution < 1.29 is 9.53 Å². The Labute approximate surface area is 109 Å². The van der Waals surface area contributed by atoms with Crippen LogP contribution in [0.25, 0.3) is 0 Å². The molecule has 1 aromatic carbocycles. The zero-order chi connectivity index (χ0) is 13.4. The van der Waals surface area contributed by atoms with Crippen LogP contribution in [-0.4, -0.2) is 32.1 Å². The van der Waals surface area contributed by atoms with E-state index in [-0.39, 0.29) is 12.5 Å². The van der Waals surface area contributed by atoms with Crippen molar-refractivity contribution in [3.63, 3.8) is 0 Å². The molecule has 1 rings (SSSR count). The number of carbonyl (C=O) groups excluding carboxylic acids is 1. The molecule has 0 aliphatic carbocycles. The summed E-state index contributed by atoms with van der Waals surface area (Å²) in [6, 6.07) is 7.82. The van der Waals surface area contributed by atoms with E-state index in [9.17, 15) is 4.79 Å². The Kier molecular flexibility index (Phi) is 6.05. The van der Waals surface area contributed by atoms with E-state index < -0.39 is 0 Å². The summed E-state index contributed by atoms with van der Waals surface area (Å²) < 4.78 is 5.39. The molecule has 4 heteroatoms. The predicted molar refractivity (Wildman–Crippen MR) is 74.2 cm³/mol. The number of anilines is 1. The molecule has 0 spiro atoms. The SMILES string of the molecule is CCNC(=O)COc1ccc(N(CC)CC)cc1. The lowest BCUT2D eigenvalue weighted by Crippen LogP contribution is -2.28. The quantitative estimate of drug-likeness (QED) is 0.805. The summed E-state index contributed by atoms with van der Waals surface area (Å²) in [7, 11) is 0. The standard InChI is InChI=1S/C14H22N2O2/c1-4-15-14(17)11-18-13-9-7-12(8-10-13)16(5-2)6-3/h7-10H,4-6,11H2,1-3H3,(H,15,17). The fraction of sp³-hybridized carbons (Fsp3) is 0.500. The van der Waals surface area contributed by atoms with Gasteiger partial charge in [0.1, 0.15) is 5.75 Å². The fourth-order valence-electron chi connectivity index (χ4n) is 1.74. The van der Waals surface area contributed by atoms with Gasteiger partial charge in [-0.3, -0.25) is 4.79 Å². The van der Waals surface area contributed by atoms with Crippen molar-refractivity contribution in [3.8, 4) is 5.75 Å². The zero-order valence-electron chi connectivity index (χ0n) is 11.4. The van der Waals surface area contributed by atoms with Gasteiger partial charge in [0.05, 0.1) is 0 Å². The molecule has 1 N–H and O–H groups in total. The third-order valence-corrected chi connectivity index (χ3v) is 2.71. The fourth-order valence-corrected chi connectivity index (χ4v) is 1.74. The highest BCUT2D eigenvalue weighted by molar-refractivity contribution is 5.77. The van der Waals surface area contributed by atoms with Crippen LogP contribution in [0.15, 0.2) is 24.3 Å². The first-order valence-electron chi connectivity index (χ1n) is 6.45. The largest absolute Gasteiger partial charge is 0.484 e. The first-order chi connectivity index (χ1) is 8.71.